The summed E-state index contributed by atoms with van der Waals surface area (Å²) in [5.74, 6) is 0.733. The molecule has 0 heterocycles. The Labute approximate surface area is 115 Å². The molecule has 3 nitrogen and oxygen atoms in total. The Morgan fingerprint density at radius 3 is 2.32 bits per heavy atom. The van der Waals surface area contributed by atoms with Crippen LogP contribution in [0.2, 0.25) is 0 Å². The zero-order valence-electron chi connectivity index (χ0n) is 12.8. The largest absolute Gasteiger partial charge is 0.496 e. The molecule has 0 aliphatic carbocycles. The third-order valence-electron chi connectivity index (χ3n) is 3.83. The summed E-state index contributed by atoms with van der Waals surface area (Å²) in [5, 5.41) is 0. The third-order valence-corrected chi connectivity index (χ3v) is 3.83. The van der Waals surface area contributed by atoms with Crippen molar-refractivity contribution in [3.8, 4) is 5.75 Å². The third kappa shape index (κ3) is 3.28. The summed E-state index contributed by atoms with van der Waals surface area (Å²) in [6.07, 6.45) is 1.51. The van der Waals surface area contributed by atoms with Gasteiger partial charge in [0.05, 0.1) is 20.1 Å². The highest BCUT2D eigenvalue weighted by Gasteiger charge is 2.20. The highest BCUT2D eigenvalue weighted by Crippen LogP contribution is 2.30. The molecular formula is C16H24O3. The van der Waals surface area contributed by atoms with Crippen LogP contribution >= 0.6 is 0 Å². The normalized spacial score (nSPS) is 12.1. The lowest BCUT2D eigenvalue weighted by Gasteiger charge is -2.18. The fraction of sp³-hybridized carbons (Fsp3) is 0.562. The van der Waals surface area contributed by atoms with Crippen LogP contribution < -0.4 is 4.74 Å². The van der Waals surface area contributed by atoms with E-state index in [2.05, 4.69) is 19.9 Å². The van der Waals surface area contributed by atoms with Gasteiger partial charge in [-0.1, -0.05) is 13.0 Å². The Morgan fingerprint density at radius 2 is 1.84 bits per heavy atom. The fourth-order valence-corrected chi connectivity index (χ4v) is 2.49. The van der Waals surface area contributed by atoms with Crippen LogP contribution in [0.25, 0.3) is 0 Å². The maximum Gasteiger partial charge on any atom is 0.308 e. The molecule has 0 aromatic heterocycles. The Balaban J connectivity index is 3.11. The molecule has 0 bridgehead atoms. The van der Waals surface area contributed by atoms with Crippen molar-refractivity contribution in [2.75, 3.05) is 14.2 Å². The van der Waals surface area contributed by atoms with E-state index in [0.29, 0.717) is 0 Å². The van der Waals surface area contributed by atoms with E-state index in [1.165, 1.54) is 18.2 Å². The molecule has 0 saturated carbocycles. The number of esters is 1. The number of aryl methyl sites for hydroxylation is 1. The van der Waals surface area contributed by atoms with Crippen molar-refractivity contribution in [3.63, 3.8) is 0 Å². The van der Waals surface area contributed by atoms with Crippen LogP contribution in [-0.4, -0.2) is 20.2 Å². The number of rotatable bonds is 5. The van der Waals surface area contributed by atoms with Crippen molar-refractivity contribution < 1.29 is 14.3 Å². The molecule has 0 aliphatic heterocycles. The van der Waals surface area contributed by atoms with Crippen LogP contribution in [0.3, 0.4) is 0 Å². The molecule has 106 valence electrons. The number of hydrogen-bond acceptors (Lipinski definition) is 3. The van der Waals surface area contributed by atoms with Gasteiger partial charge in [0, 0.05) is 0 Å². The summed E-state index contributed by atoms with van der Waals surface area (Å²) in [4.78, 5) is 11.7. The van der Waals surface area contributed by atoms with Crippen LogP contribution in [0.4, 0.5) is 0 Å². The molecule has 0 fully saturated rings. The molecule has 1 aromatic carbocycles. The Morgan fingerprint density at radius 1 is 1.21 bits per heavy atom. The second-order valence-electron chi connectivity index (χ2n) is 4.97. The number of benzene rings is 1. The topological polar surface area (TPSA) is 35.5 Å². The summed E-state index contributed by atoms with van der Waals surface area (Å²) in [5.41, 5.74) is 4.66. The van der Waals surface area contributed by atoms with E-state index in [-0.39, 0.29) is 11.9 Å². The molecule has 1 atom stereocenters. The highest BCUT2D eigenvalue weighted by atomic mass is 16.5. The van der Waals surface area contributed by atoms with Crippen molar-refractivity contribution in [2.45, 2.75) is 40.5 Å². The number of ether oxygens (including phenoxy) is 2. The molecule has 19 heavy (non-hydrogen) atoms. The molecule has 0 N–H and O–H groups in total. The van der Waals surface area contributed by atoms with Crippen LogP contribution in [0.1, 0.15) is 35.6 Å². The minimum atomic E-state index is -0.131. The van der Waals surface area contributed by atoms with Crippen LogP contribution in [0.15, 0.2) is 6.07 Å². The second-order valence-corrected chi connectivity index (χ2v) is 4.97. The predicted octanol–water partition coefficient (Wildman–Crippen LogP) is 3.36. The van der Waals surface area contributed by atoms with Crippen molar-refractivity contribution >= 4 is 5.97 Å². The lowest BCUT2D eigenvalue weighted by Crippen LogP contribution is -2.18. The fourth-order valence-electron chi connectivity index (χ4n) is 2.49. The zero-order valence-corrected chi connectivity index (χ0v) is 12.8. The Hall–Kier alpha value is -1.51. The van der Waals surface area contributed by atoms with Crippen molar-refractivity contribution in [1.29, 1.82) is 0 Å². The molecule has 0 aliphatic rings. The molecule has 0 saturated heterocycles. The van der Waals surface area contributed by atoms with Crippen LogP contribution in [0, 0.1) is 26.7 Å². The zero-order chi connectivity index (χ0) is 14.6. The first-order valence-corrected chi connectivity index (χ1v) is 6.67. The summed E-state index contributed by atoms with van der Waals surface area (Å²) >= 11 is 0. The average Bonchev–Trinajstić information content (AvgIpc) is 2.41. The van der Waals surface area contributed by atoms with Crippen molar-refractivity contribution in [1.82, 2.24) is 0 Å². The van der Waals surface area contributed by atoms with Gasteiger partial charge in [-0.25, -0.2) is 0 Å². The molecule has 1 unspecified atom stereocenters. The van der Waals surface area contributed by atoms with E-state index in [1.807, 2.05) is 13.8 Å². The lowest BCUT2D eigenvalue weighted by molar-refractivity contribution is -0.145. The maximum atomic E-state index is 11.7. The highest BCUT2D eigenvalue weighted by molar-refractivity contribution is 5.72. The predicted molar refractivity (Wildman–Crippen MR) is 76.7 cm³/mol. The van der Waals surface area contributed by atoms with Gasteiger partial charge in [-0.2, -0.15) is 0 Å². The van der Waals surface area contributed by atoms with E-state index in [1.54, 1.807) is 7.11 Å². The first-order valence-electron chi connectivity index (χ1n) is 6.67. The molecule has 0 spiro atoms. The summed E-state index contributed by atoms with van der Waals surface area (Å²) < 4.78 is 10.3. The smallest absolute Gasteiger partial charge is 0.308 e. The molecule has 0 radical (unpaired) electrons. The molecular weight excluding hydrogens is 240 g/mol. The SMILES string of the molecule is CCC(Cc1cc(C)c(OC)c(C)c1C)C(=O)OC. The van der Waals surface area contributed by atoms with Gasteiger partial charge in [-0.3, -0.25) is 4.79 Å². The van der Waals surface area contributed by atoms with Gasteiger partial charge in [0.2, 0.25) is 0 Å². The van der Waals surface area contributed by atoms with Crippen molar-refractivity contribution in [3.05, 3.63) is 28.3 Å². The van der Waals surface area contributed by atoms with Crippen molar-refractivity contribution in [2.24, 2.45) is 5.92 Å². The monoisotopic (exact) mass is 264 g/mol. The van der Waals surface area contributed by atoms with Gasteiger partial charge in [0.1, 0.15) is 5.75 Å². The minimum Gasteiger partial charge on any atom is -0.496 e. The molecule has 1 rings (SSSR count). The summed E-state index contributed by atoms with van der Waals surface area (Å²) in [6.45, 7) is 8.19. The van der Waals surface area contributed by atoms with E-state index >= 15 is 0 Å². The Bertz CT molecular complexity index is 464. The number of carbonyl (C=O) groups excluding carboxylic acids is 1. The minimum absolute atomic E-state index is 0.0732. The van der Waals surface area contributed by atoms with Gasteiger partial charge in [-0.05, 0) is 55.9 Å². The average molecular weight is 264 g/mol. The number of hydrogen-bond donors (Lipinski definition) is 0. The van der Waals surface area contributed by atoms with Gasteiger partial charge < -0.3 is 9.47 Å². The number of carbonyl (C=O) groups is 1. The molecule has 3 heteroatoms. The van der Waals surface area contributed by atoms with E-state index in [9.17, 15) is 4.79 Å². The van der Waals surface area contributed by atoms with Gasteiger partial charge in [0.25, 0.3) is 0 Å². The summed E-state index contributed by atoms with van der Waals surface area (Å²) in [6, 6.07) is 2.12. The lowest BCUT2D eigenvalue weighted by atomic mass is 9.90. The quantitative estimate of drug-likeness (QED) is 0.765. The van der Waals surface area contributed by atoms with Gasteiger partial charge in [0.15, 0.2) is 0 Å². The summed E-state index contributed by atoms with van der Waals surface area (Å²) in [7, 11) is 3.14. The van der Waals surface area contributed by atoms with E-state index in [4.69, 9.17) is 9.47 Å². The van der Waals surface area contributed by atoms with E-state index < -0.39 is 0 Å². The standard InChI is InChI=1S/C16H24O3/c1-7-13(16(17)19-6)9-14-8-10(2)15(18-5)12(4)11(14)3/h8,13H,7,9H2,1-6H3. The van der Waals surface area contributed by atoms with Crippen LogP contribution in [-0.2, 0) is 16.0 Å². The van der Waals surface area contributed by atoms with Gasteiger partial charge >= 0.3 is 5.97 Å². The molecule has 0 amide bonds. The second kappa shape index (κ2) is 6.60. The first kappa shape index (κ1) is 15.5. The maximum absolute atomic E-state index is 11.7. The first-order chi connectivity index (χ1) is 8.96. The Kier molecular flexibility index (Phi) is 5.40. The van der Waals surface area contributed by atoms with Gasteiger partial charge in [-0.15, -0.1) is 0 Å². The number of methoxy groups -OCH3 is 2. The van der Waals surface area contributed by atoms with E-state index in [0.717, 1.165) is 29.7 Å². The molecule has 1 aromatic rings. The van der Waals surface area contributed by atoms with Crippen LogP contribution in [0.5, 0.6) is 5.75 Å².